The van der Waals surface area contributed by atoms with E-state index in [-0.39, 0.29) is 25.3 Å². The van der Waals surface area contributed by atoms with E-state index < -0.39 is 23.5 Å². The summed E-state index contributed by atoms with van der Waals surface area (Å²) in [4.78, 5) is 16.8. The third-order valence-corrected chi connectivity index (χ3v) is 5.82. The van der Waals surface area contributed by atoms with Gasteiger partial charge in [0.1, 0.15) is 24.0 Å². The van der Waals surface area contributed by atoms with Crippen LogP contribution in [-0.2, 0) is 24.1 Å². The fourth-order valence-electron chi connectivity index (χ4n) is 4.00. The van der Waals surface area contributed by atoms with E-state index in [4.69, 9.17) is 9.47 Å². The Hall–Kier alpha value is -3.88. The van der Waals surface area contributed by atoms with Gasteiger partial charge in [-0.05, 0) is 50.6 Å². The average Bonchev–Trinajstić information content (AvgIpc) is 3.14. The molecule has 4 rings (SSSR count). The molecular weight excluding hydrogens is 476 g/mol. The molecular formula is C27H24F4N2O3. The summed E-state index contributed by atoms with van der Waals surface area (Å²) in [6.07, 6.45) is -4.62. The molecule has 0 unspecified atom stereocenters. The van der Waals surface area contributed by atoms with Crippen LogP contribution in [0, 0.1) is 19.7 Å². The Morgan fingerprint density at radius 3 is 2.47 bits per heavy atom. The maximum absolute atomic E-state index is 14.5. The molecule has 5 nitrogen and oxygen atoms in total. The van der Waals surface area contributed by atoms with Gasteiger partial charge in [-0.15, -0.1) is 0 Å². The Morgan fingerprint density at radius 1 is 1.03 bits per heavy atom. The summed E-state index contributed by atoms with van der Waals surface area (Å²) < 4.78 is 66.1. The average molecular weight is 500 g/mol. The first-order chi connectivity index (χ1) is 17.1. The third-order valence-electron chi connectivity index (χ3n) is 5.82. The largest absolute Gasteiger partial charge is 0.489 e. The topological polar surface area (TPSA) is 53.4 Å². The summed E-state index contributed by atoms with van der Waals surface area (Å²) in [5, 5.41) is 0. The van der Waals surface area contributed by atoms with Crippen LogP contribution in [0.3, 0.4) is 0 Å². The van der Waals surface area contributed by atoms with Gasteiger partial charge in [-0.1, -0.05) is 24.3 Å². The highest BCUT2D eigenvalue weighted by molar-refractivity contribution is 5.91. The van der Waals surface area contributed by atoms with Gasteiger partial charge >= 0.3 is 12.1 Å². The minimum absolute atomic E-state index is 0.000882. The molecule has 0 amide bonds. The van der Waals surface area contributed by atoms with Crippen molar-refractivity contribution in [3.63, 3.8) is 0 Å². The summed E-state index contributed by atoms with van der Waals surface area (Å²) in [5.74, 6) is -0.286. The minimum Gasteiger partial charge on any atom is -0.489 e. The number of nitrogens with zero attached hydrogens (tertiary/aromatic N) is 2. The number of carbonyl (C=O) groups excluding carboxylic acids is 1. The Bertz CT molecular complexity index is 1430. The molecule has 0 radical (unpaired) electrons. The molecule has 0 atom stereocenters. The van der Waals surface area contributed by atoms with Gasteiger partial charge in [0.2, 0.25) is 0 Å². The van der Waals surface area contributed by atoms with E-state index in [1.54, 1.807) is 48.7 Å². The molecule has 3 aromatic carbocycles. The number of alkyl halides is 3. The molecule has 0 aliphatic carbocycles. The lowest BCUT2D eigenvalue weighted by Gasteiger charge is -2.13. The van der Waals surface area contributed by atoms with Crippen LogP contribution in [0.1, 0.15) is 45.4 Å². The Labute approximate surface area is 205 Å². The van der Waals surface area contributed by atoms with Crippen molar-refractivity contribution in [3.8, 4) is 5.75 Å². The number of esters is 1. The van der Waals surface area contributed by atoms with Crippen molar-refractivity contribution in [2.24, 2.45) is 0 Å². The second kappa shape index (κ2) is 10.0. The highest BCUT2D eigenvalue weighted by atomic mass is 19.4. The number of benzene rings is 3. The van der Waals surface area contributed by atoms with Crippen molar-refractivity contribution in [2.75, 3.05) is 6.61 Å². The third kappa shape index (κ3) is 5.19. The van der Waals surface area contributed by atoms with Gasteiger partial charge in [-0.3, -0.25) is 0 Å². The highest BCUT2D eigenvalue weighted by Gasteiger charge is 2.31. The first kappa shape index (κ1) is 25.2. The van der Waals surface area contributed by atoms with Crippen LogP contribution in [-0.4, -0.2) is 22.1 Å². The van der Waals surface area contributed by atoms with Crippen LogP contribution in [0.2, 0.25) is 0 Å². The number of aryl methyl sites for hydroxylation is 2. The summed E-state index contributed by atoms with van der Waals surface area (Å²) in [6, 6.07) is 13.1. The van der Waals surface area contributed by atoms with E-state index in [9.17, 15) is 22.4 Å². The lowest BCUT2D eigenvalue weighted by atomic mass is 10.1. The number of imidazole rings is 1. The lowest BCUT2D eigenvalue weighted by Crippen LogP contribution is -2.10. The number of hydrogen-bond donors (Lipinski definition) is 0. The molecule has 1 heterocycles. The van der Waals surface area contributed by atoms with Crippen molar-refractivity contribution in [1.29, 1.82) is 0 Å². The fraction of sp³-hybridized carbons (Fsp3) is 0.259. The van der Waals surface area contributed by atoms with Crippen LogP contribution < -0.4 is 4.74 Å². The molecule has 0 aliphatic heterocycles. The molecule has 0 saturated heterocycles. The van der Waals surface area contributed by atoms with Crippen molar-refractivity contribution < 1.29 is 31.8 Å². The van der Waals surface area contributed by atoms with E-state index in [0.29, 0.717) is 39.8 Å². The van der Waals surface area contributed by atoms with Gasteiger partial charge in [-0.2, -0.15) is 13.2 Å². The molecule has 36 heavy (non-hydrogen) atoms. The summed E-state index contributed by atoms with van der Waals surface area (Å²) in [5.41, 5.74) is 2.29. The first-order valence-corrected chi connectivity index (χ1v) is 11.3. The van der Waals surface area contributed by atoms with Crippen molar-refractivity contribution in [1.82, 2.24) is 9.55 Å². The van der Waals surface area contributed by atoms with E-state index in [1.807, 2.05) is 13.0 Å². The first-order valence-electron chi connectivity index (χ1n) is 11.3. The maximum atomic E-state index is 14.5. The zero-order valence-corrected chi connectivity index (χ0v) is 19.9. The number of rotatable bonds is 7. The molecule has 1 aromatic heterocycles. The summed E-state index contributed by atoms with van der Waals surface area (Å²) in [7, 11) is 0. The highest BCUT2D eigenvalue weighted by Crippen LogP contribution is 2.31. The summed E-state index contributed by atoms with van der Waals surface area (Å²) in [6.45, 7) is 5.71. The molecule has 0 N–H and O–H groups in total. The number of aromatic nitrogens is 2. The molecule has 0 saturated carbocycles. The second-order valence-corrected chi connectivity index (χ2v) is 8.32. The molecule has 0 bridgehead atoms. The number of hydrogen-bond acceptors (Lipinski definition) is 4. The zero-order chi connectivity index (χ0) is 26.0. The molecule has 0 fully saturated rings. The molecule has 188 valence electrons. The summed E-state index contributed by atoms with van der Waals surface area (Å²) >= 11 is 0. The Kier molecular flexibility index (Phi) is 7.01. The van der Waals surface area contributed by atoms with Gasteiger partial charge < -0.3 is 14.0 Å². The van der Waals surface area contributed by atoms with Crippen molar-refractivity contribution >= 4 is 17.0 Å². The molecule has 0 spiro atoms. The monoisotopic (exact) mass is 500 g/mol. The van der Waals surface area contributed by atoms with Crippen LogP contribution in [0.5, 0.6) is 5.75 Å². The number of fused-ring (bicyclic) bond motifs is 1. The smallest absolute Gasteiger partial charge is 0.416 e. The van der Waals surface area contributed by atoms with Crippen LogP contribution in [0.4, 0.5) is 17.6 Å². The minimum atomic E-state index is -4.62. The number of halogens is 4. The second-order valence-electron chi connectivity index (χ2n) is 8.32. The lowest BCUT2D eigenvalue weighted by molar-refractivity contribution is -0.137. The Morgan fingerprint density at radius 2 is 1.78 bits per heavy atom. The normalized spacial score (nSPS) is 11.6. The van der Waals surface area contributed by atoms with Crippen molar-refractivity contribution in [2.45, 2.75) is 40.1 Å². The van der Waals surface area contributed by atoms with Gasteiger partial charge in [0.15, 0.2) is 0 Å². The Balaban J connectivity index is 1.63. The van der Waals surface area contributed by atoms with Crippen molar-refractivity contribution in [3.05, 3.63) is 94.1 Å². The van der Waals surface area contributed by atoms with Gasteiger partial charge in [0.05, 0.1) is 35.3 Å². The standard InChI is InChI=1S/C27H24F4N2O3/c1-4-35-26(34)22-8-6-5-7-19(22)15-36-21-11-16(2)25-24(13-21)33(17(3)32-25)14-18-9-10-20(12-23(18)28)27(29,30)31/h5-13H,4,14-15H2,1-3H3. The van der Waals surface area contributed by atoms with Gasteiger partial charge in [-0.25, -0.2) is 14.2 Å². The molecule has 9 heteroatoms. The quantitative estimate of drug-likeness (QED) is 0.212. The number of carbonyl (C=O) groups is 1. The fourth-order valence-corrected chi connectivity index (χ4v) is 4.00. The SMILES string of the molecule is CCOC(=O)c1ccccc1COc1cc(C)c2nc(C)n(Cc3ccc(C(F)(F)F)cc3F)c2c1. The molecule has 0 aliphatic rings. The maximum Gasteiger partial charge on any atom is 0.416 e. The van der Waals surface area contributed by atoms with E-state index in [2.05, 4.69) is 4.98 Å². The van der Waals surface area contributed by atoms with Crippen LogP contribution >= 0.6 is 0 Å². The zero-order valence-electron chi connectivity index (χ0n) is 19.9. The van der Waals surface area contributed by atoms with E-state index in [1.165, 1.54) is 0 Å². The van der Waals surface area contributed by atoms with Crippen LogP contribution in [0.25, 0.3) is 11.0 Å². The predicted molar refractivity (Wildman–Crippen MR) is 126 cm³/mol. The van der Waals surface area contributed by atoms with E-state index in [0.717, 1.165) is 17.7 Å². The molecule has 4 aromatic rings. The van der Waals surface area contributed by atoms with Gasteiger partial charge in [0, 0.05) is 17.2 Å². The van der Waals surface area contributed by atoms with Crippen LogP contribution in [0.15, 0.2) is 54.6 Å². The van der Waals surface area contributed by atoms with E-state index >= 15 is 0 Å². The number of ether oxygens (including phenoxy) is 2. The van der Waals surface area contributed by atoms with Gasteiger partial charge in [0.25, 0.3) is 0 Å². The predicted octanol–water partition coefficient (Wildman–Crippen LogP) is 6.62.